The maximum atomic E-state index is 12.3. The van der Waals surface area contributed by atoms with E-state index in [9.17, 15) is 9.59 Å². The standard InChI is InChI=1S/C18H18N2O4/c21-16(22)11-18(8-2-9-18)20-17(23)13-4-6-14(7-5-13)24-15-3-1-10-19-12-15/h1,3-7,10,12H,2,8-9,11H2,(H,20,23)(H,21,22). The monoisotopic (exact) mass is 326 g/mol. The molecule has 0 spiro atoms. The van der Waals surface area contributed by atoms with Crippen LogP contribution in [-0.4, -0.2) is 27.5 Å². The normalized spacial score (nSPS) is 15.2. The number of carboxylic acids is 1. The van der Waals surface area contributed by atoms with Gasteiger partial charge in [-0.2, -0.15) is 0 Å². The summed E-state index contributed by atoms with van der Waals surface area (Å²) >= 11 is 0. The maximum Gasteiger partial charge on any atom is 0.305 e. The van der Waals surface area contributed by atoms with Crippen LogP contribution in [0.1, 0.15) is 36.0 Å². The topological polar surface area (TPSA) is 88.5 Å². The van der Waals surface area contributed by atoms with Crippen molar-refractivity contribution in [3.05, 3.63) is 54.4 Å². The Balaban J connectivity index is 1.64. The summed E-state index contributed by atoms with van der Waals surface area (Å²) in [7, 11) is 0. The summed E-state index contributed by atoms with van der Waals surface area (Å²) in [6, 6.07) is 10.3. The van der Waals surface area contributed by atoms with Gasteiger partial charge in [0.2, 0.25) is 0 Å². The molecule has 1 aliphatic carbocycles. The minimum Gasteiger partial charge on any atom is -0.481 e. The molecule has 0 bridgehead atoms. The van der Waals surface area contributed by atoms with Gasteiger partial charge >= 0.3 is 5.97 Å². The molecule has 0 saturated heterocycles. The first kappa shape index (κ1) is 16.0. The van der Waals surface area contributed by atoms with Crippen molar-refractivity contribution >= 4 is 11.9 Å². The molecule has 6 heteroatoms. The third kappa shape index (κ3) is 3.71. The van der Waals surface area contributed by atoms with Gasteiger partial charge in [0.1, 0.15) is 11.5 Å². The second kappa shape index (κ2) is 6.70. The molecule has 1 aliphatic rings. The van der Waals surface area contributed by atoms with Crippen molar-refractivity contribution in [2.75, 3.05) is 0 Å². The number of hydrogen-bond acceptors (Lipinski definition) is 4. The number of carboxylic acid groups (broad SMARTS) is 1. The van der Waals surface area contributed by atoms with E-state index >= 15 is 0 Å². The lowest BCUT2D eigenvalue weighted by Gasteiger charge is -2.41. The van der Waals surface area contributed by atoms with Crippen molar-refractivity contribution in [3.8, 4) is 11.5 Å². The van der Waals surface area contributed by atoms with Gasteiger partial charge in [0, 0.05) is 11.8 Å². The number of benzene rings is 1. The van der Waals surface area contributed by atoms with Crippen LogP contribution < -0.4 is 10.1 Å². The number of rotatable bonds is 6. The highest BCUT2D eigenvalue weighted by atomic mass is 16.5. The lowest BCUT2D eigenvalue weighted by atomic mass is 9.74. The van der Waals surface area contributed by atoms with Crippen LogP contribution in [-0.2, 0) is 4.79 Å². The van der Waals surface area contributed by atoms with Crippen molar-refractivity contribution in [1.29, 1.82) is 0 Å². The minimum absolute atomic E-state index is 0.0407. The third-order valence-corrected chi connectivity index (χ3v) is 4.17. The second-order valence-corrected chi connectivity index (χ2v) is 5.97. The third-order valence-electron chi connectivity index (χ3n) is 4.17. The van der Waals surface area contributed by atoms with E-state index in [-0.39, 0.29) is 12.3 Å². The average Bonchev–Trinajstić information content (AvgIpc) is 2.54. The average molecular weight is 326 g/mol. The smallest absolute Gasteiger partial charge is 0.305 e. The number of carbonyl (C=O) groups excluding carboxylic acids is 1. The molecule has 0 unspecified atom stereocenters. The molecule has 0 atom stereocenters. The number of amides is 1. The summed E-state index contributed by atoms with van der Waals surface area (Å²) in [5.74, 6) is 0.0621. The molecule has 0 radical (unpaired) electrons. The first-order valence-corrected chi connectivity index (χ1v) is 7.79. The Kier molecular flexibility index (Phi) is 4.46. The zero-order chi connectivity index (χ0) is 17.0. The van der Waals surface area contributed by atoms with E-state index < -0.39 is 11.5 Å². The molecule has 3 rings (SSSR count). The van der Waals surface area contributed by atoms with Gasteiger partial charge in [-0.25, -0.2) is 0 Å². The van der Waals surface area contributed by atoms with Crippen LogP contribution in [0.25, 0.3) is 0 Å². The Bertz CT molecular complexity index is 724. The lowest BCUT2D eigenvalue weighted by Crippen LogP contribution is -2.54. The van der Waals surface area contributed by atoms with Gasteiger partial charge in [-0.3, -0.25) is 14.6 Å². The minimum atomic E-state index is -0.893. The Labute approximate surface area is 139 Å². The Morgan fingerprint density at radius 3 is 2.46 bits per heavy atom. The first-order valence-electron chi connectivity index (χ1n) is 7.79. The largest absolute Gasteiger partial charge is 0.481 e. The van der Waals surface area contributed by atoms with E-state index in [2.05, 4.69) is 10.3 Å². The van der Waals surface area contributed by atoms with Gasteiger partial charge in [-0.05, 0) is 55.7 Å². The van der Waals surface area contributed by atoms with Gasteiger partial charge < -0.3 is 15.2 Å². The molecule has 1 heterocycles. The molecule has 2 N–H and O–H groups in total. The zero-order valence-corrected chi connectivity index (χ0v) is 13.1. The fourth-order valence-electron chi connectivity index (χ4n) is 2.77. The molecule has 1 amide bonds. The van der Waals surface area contributed by atoms with Crippen LogP contribution in [0.2, 0.25) is 0 Å². The van der Waals surface area contributed by atoms with E-state index in [1.165, 1.54) is 0 Å². The van der Waals surface area contributed by atoms with Crippen LogP contribution in [0.5, 0.6) is 11.5 Å². The number of aromatic nitrogens is 1. The Morgan fingerprint density at radius 1 is 1.17 bits per heavy atom. The zero-order valence-electron chi connectivity index (χ0n) is 13.1. The van der Waals surface area contributed by atoms with Crippen molar-refractivity contribution in [3.63, 3.8) is 0 Å². The van der Waals surface area contributed by atoms with E-state index in [4.69, 9.17) is 9.84 Å². The number of carbonyl (C=O) groups is 2. The first-order chi connectivity index (χ1) is 11.6. The number of hydrogen-bond donors (Lipinski definition) is 2. The van der Waals surface area contributed by atoms with E-state index in [1.54, 1.807) is 48.8 Å². The number of pyridine rings is 1. The molecule has 2 aromatic rings. The highest BCUT2D eigenvalue weighted by Gasteiger charge is 2.40. The fourth-order valence-corrected chi connectivity index (χ4v) is 2.77. The summed E-state index contributed by atoms with van der Waals surface area (Å²) in [4.78, 5) is 27.3. The summed E-state index contributed by atoms with van der Waals surface area (Å²) in [6.07, 6.45) is 5.56. The van der Waals surface area contributed by atoms with Gasteiger partial charge in [-0.15, -0.1) is 0 Å². The molecule has 1 saturated carbocycles. The summed E-state index contributed by atoms with van der Waals surface area (Å²) < 4.78 is 5.63. The van der Waals surface area contributed by atoms with E-state index in [0.717, 1.165) is 6.42 Å². The predicted molar refractivity (Wildman–Crippen MR) is 87.1 cm³/mol. The molecule has 1 aromatic carbocycles. The molecule has 6 nitrogen and oxygen atoms in total. The second-order valence-electron chi connectivity index (χ2n) is 5.97. The van der Waals surface area contributed by atoms with Crippen molar-refractivity contribution in [2.24, 2.45) is 0 Å². The molecule has 24 heavy (non-hydrogen) atoms. The van der Waals surface area contributed by atoms with Crippen LogP contribution in [0.4, 0.5) is 0 Å². The summed E-state index contributed by atoms with van der Waals surface area (Å²) in [6.45, 7) is 0. The number of ether oxygens (including phenoxy) is 1. The SMILES string of the molecule is O=C(O)CC1(NC(=O)c2ccc(Oc3cccnc3)cc2)CCC1. The quantitative estimate of drug-likeness (QED) is 0.852. The molecule has 1 aromatic heterocycles. The van der Waals surface area contributed by atoms with Gasteiger partial charge in [0.15, 0.2) is 0 Å². The molecular weight excluding hydrogens is 308 g/mol. The van der Waals surface area contributed by atoms with Crippen LogP contribution in [0, 0.1) is 0 Å². The van der Waals surface area contributed by atoms with Crippen LogP contribution in [0.3, 0.4) is 0 Å². The van der Waals surface area contributed by atoms with Crippen molar-refractivity contribution < 1.29 is 19.4 Å². The van der Waals surface area contributed by atoms with Crippen molar-refractivity contribution in [1.82, 2.24) is 10.3 Å². The number of nitrogens with zero attached hydrogens (tertiary/aromatic N) is 1. The van der Waals surface area contributed by atoms with Crippen LogP contribution >= 0.6 is 0 Å². The van der Waals surface area contributed by atoms with E-state index in [1.807, 2.05) is 0 Å². The highest BCUT2D eigenvalue weighted by molar-refractivity contribution is 5.95. The Morgan fingerprint density at radius 2 is 1.92 bits per heavy atom. The molecule has 1 fully saturated rings. The fraction of sp³-hybridized carbons (Fsp3) is 0.278. The summed E-state index contributed by atoms with van der Waals surface area (Å²) in [5.41, 5.74) is -0.126. The van der Waals surface area contributed by atoms with Crippen LogP contribution in [0.15, 0.2) is 48.8 Å². The molecular formula is C18H18N2O4. The van der Waals surface area contributed by atoms with Gasteiger partial charge in [0.05, 0.1) is 18.2 Å². The van der Waals surface area contributed by atoms with E-state index in [0.29, 0.717) is 29.9 Å². The van der Waals surface area contributed by atoms with Crippen molar-refractivity contribution in [2.45, 2.75) is 31.2 Å². The predicted octanol–water partition coefficient (Wildman–Crippen LogP) is 3.00. The summed E-state index contributed by atoms with van der Waals surface area (Å²) in [5, 5.41) is 11.9. The highest BCUT2D eigenvalue weighted by Crippen LogP contribution is 2.35. The molecule has 0 aliphatic heterocycles. The van der Waals surface area contributed by atoms with Gasteiger partial charge in [-0.1, -0.05) is 0 Å². The lowest BCUT2D eigenvalue weighted by molar-refractivity contribution is -0.139. The van der Waals surface area contributed by atoms with Gasteiger partial charge in [0.25, 0.3) is 5.91 Å². The Hall–Kier alpha value is -2.89. The number of aliphatic carboxylic acids is 1. The maximum absolute atomic E-state index is 12.3. The number of nitrogens with one attached hydrogen (secondary N) is 1. The molecule has 124 valence electrons.